The third-order valence-corrected chi connectivity index (χ3v) is 3.71. The Bertz CT molecular complexity index is 273. The maximum Gasteiger partial charge on any atom is 0.237 e. The standard InChI is InChI=1S/C13H24N2O2/c1-8-4-12(14-7-8)13(16)15-11-5-9(2)17-10(3)6-11/h8-12,14H,4-7H2,1-3H3,(H,15,16)/t8?,9-,10+,11?,12-/m0/s1. The average Bonchev–Trinajstić information content (AvgIpc) is 2.63. The Morgan fingerprint density at radius 3 is 2.35 bits per heavy atom. The Morgan fingerprint density at radius 2 is 1.82 bits per heavy atom. The molecule has 0 aromatic rings. The highest BCUT2D eigenvalue weighted by Crippen LogP contribution is 2.20. The van der Waals surface area contributed by atoms with Crippen LogP contribution in [0.5, 0.6) is 0 Å². The predicted molar refractivity (Wildman–Crippen MR) is 66.7 cm³/mol. The molecule has 17 heavy (non-hydrogen) atoms. The summed E-state index contributed by atoms with van der Waals surface area (Å²) in [4.78, 5) is 12.1. The van der Waals surface area contributed by atoms with Crippen LogP contribution >= 0.6 is 0 Å². The number of carbonyl (C=O) groups excluding carboxylic acids is 1. The summed E-state index contributed by atoms with van der Waals surface area (Å²) in [7, 11) is 0. The van der Waals surface area contributed by atoms with Crippen molar-refractivity contribution in [2.45, 2.75) is 64.3 Å². The van der Waals surface area contributed by atoms with Gasteiger partial charge in [-0.25, -0.2) is 0 Å². The van der Waals surface area contributed by atoms with Crippen LogP contribution in [0.4, 0.5) is 0 Å². The van der Waals surface area contributed by atoms with Gasteiger partial charge >= 0.3 is 0 Å². The molecule has 0 radical (unpaired) electrons. The molecule has 4 nitrogen and oxygen atoms in total. The van der Waals surface area contributed by atoms with E-state index in [0.717, 1.165) is 25.8 Å². The van der Waals surface area contributed by atoms with E-state index in [9.17, 15) is 4.79 Å². The molecule has 0 bridgehead atoms. The van der Waals surface area contributed by atoms with Crippen LogP contribution in [0.2, 0.25) is 0 Å². The lowest BCUT2D eigenvalue weighted by Crippen LogP contribution is -2.49. The van der Waals surface area contributed by atoms with E-state index in [1.807, 2.05) is 0 Å². The van der Waals surface area contributed by atoms with Gasteiger partial charge in [0.1, 0.15) is 0 Å². The Morgan fingerprint density at radius 1 is 1.18 bits per heavy atom. The Labute approximate surface area is 103 Å². The summed E-state index contributed by atoms with van der Waals surface area (Å²) in [5, 5.41) is 6.44. The summed E-state index contributed by atoms with van der Waals surface area (Å²) < 4.78 is 5.67. The summed E-state index contributed by atoms with van der Waals surface area (Å²) in [6.07, 6.45) is 3.32. The fourth-order valence-electron chi connectivity index (χ4n) is 2.94. The summed E-state index contributed by atoms with van der Waals surface area (Å²) in [6, 6.07) is 0.289. The number of hydrogen-bond donors (Lipinski definition) is 2. The van der Waals surface area contributed by atoms with E-state index < -0.39 is 0 Å². The van der Waals surface area contributed by atoms with Crippen molar-refractivity contribution in [1.29, 1.82) is 0 Å². The Kier molecular flexibility index (Phi) is 4.05. The van der Waals surface area contributed by atoms with Gasteiger partial charge in [0.25, 0.3) is 0 Å². The first-order valence-electron chi connectivity index (χ1n) is 6.73. The molecule has 0 aromatic carbocycles. The fraction of sp³-hybridized carbons (Fsp3) is 0.923. The molecular formula is C13H24N2O2. The van der Waals surface area contributed by atoms with Gasteiger partial charge in [-0.05, 0) is 45.6 Å². The van der Waals surface area contributed by atoms with Crippen LogP contribution in [0.1, 0.15) is 40.0 Å². The van der Waals surface area contributed by atoms with E-state index in [1.165, 1.54) is 0 Å². The van der Waals surface area contributed by atoms with Crippen molar-refractivity contribution in [2.24, 2.45) is 5.92 Å². The lowest BCUT2D eigenvalue weighted by molar-refractivity contribution is -0.125. The first-order chi connectivity index (χ1) is 8.04. The second kappa shape index (κ2) is 5.36. The molecule has 2 fully saturated rings. The van der Waals surface area contributed by atoms with Gasteiger partial charge in [-0.2, -0.15) is 0 Å². The van der Waals surface area contributed by atoms with E-state index in [0.29, 0.717) is 5.92 Å². The zero-order valence-electron chi connectivity index (χ0n) is 11.0. The number of nitrogens with one attached hydrogen (secondary N) is 2. The van der Waals surface area contributed by atoms with Crippen molar-refractivity contribution in [3.63, 3.8) is 0 Å². The van der Waals surface area contributed by atoms with Gasteiger partial charge in [-0.1, -0.05) is 6.92 Å². The van der Waals surface area contributed by atoms with Crippen LogP contribution in [0, 0.1) is 5.92 Å². The molecule has 5 atom stereocenters. The average molecular weight is 240 g/mol. The van der Waals surface area contributed by atoms with Crippen LogP contribution < -0.4 is 10.6 Å². The number of hydrogen-bond acceptors (Lipinski definition) is 3. The molecule has 0 aromatic heterocycles. The number of carbonyl (C=O) groups is 1. The topological polar surface area (TPSA) is 50.4 Å². The third-order valence-electron chi connectivity index (χ3n) is 3.71. The molecule has 98 valence electrons. The molecule has 0 aliphatic carbocycles. The lowest BCUT2D eigenvalue weighted by atomic mass is 9.99. The van der Waals surface area contributed by atoms with Crippen molar-refractivity contribution in [3.05, 3.63) is 0 Å². The minimum atomic E-state index is 0.0125. The van der Waals surface area contributed by atoms with Crippen molar-refractivity contribution in [1.82, 2.24) is 10.6 Å². The molecule has 2 aliphatic heterocycles. The second-order valence-electron chi connectivity index (χ2n) is 5.74. The Balaban J connectivity index is 1.81. The van der Waals surface area contributed by atoms with Crippen LogP contribution in [0.25, 0.3) is 0 Å². The van der Waals surface area contributed by atoms with Crippen molar-refractivity contribution in [3.8, 4) is 0 Å². The second-order valence-corrected chi connectivity index (χ2v) is 5.74. The zero-order chi connectivity index (χ0) is 12.4. The SMILES string of the molecule is CC1CN[C@H](C(=O)NC2C[C@@H](C)O[C@@H](C)C2)C1. The molecule has 0 spiro atoms. The van der Waals surface area contributed by atoms with E-state index >= 15 is 0 Å². The van der Waals surface area contributed by atoms with E-state index in [2.05, 4.69) is 31.4 Å². The molecule has 2 N–H and O–H groups in total. The smallest absolute Gasteiger partial charge is 0.237 e. The Hall–Kier alpha value is -0.610. The summed E-state index contributed by atoms with van der Waals surface area (Å²) in [5.74, 6) is 0.777. The summed E-state index contributed by atoms with van der Waals surface area (Å²) in [6.45, 7) is 7.28. The lowest BCUT2D eigenvalue weighted by Gasteiger charge is -2.33. The molecule has 2 rings (SSSR count). The van der Waals surface area contributed by atoms with Gasteiger partial charge in [0.2, 0.25) is 5.91 Å². The molecule has 2 unspecified atom stereocenters. The minimum absolute atomic E-state index is 0.0125. The number of amides is 1. The summed E-state index contributed by atoms with van der Waals surface area (Å²) in [5.41, 5.74) is 0. The van der Waals surface area contributed by atoms with Gasteiger partial charge in [0.15, 0.2) is 0 Å². The van der Waals surface area contributed by atoms with Crippen molar-refractivity contribution in [2.75, 3.05) is 6.54 Å². The van der Waals surface area contributed by atoms with Gasteiger partial charge in [0.05, 0.1) is 18.2 Å². The largest absolute Gasteiger partial charge is 0.375 e. The first-order valence-corrected chi connectivity index (χ1v) is 6.73. The molecule has 4 heteroatoms. The zero-order valence-corrected chi connectivity index (χ0v) is 11.0. The third kappa shape index (κ3) is 3.42. The minimum Gasteiger partial charge on any atom is -0.375 e. The van der Waals surface area contributed by atoms with E-state index in [4.69, 9.17) is 4.74 Å². The molecule has 2 heterocycles. The number of rotatable bonds is 2. The summed E-state index contributed by atoms with van der Waals surface area (Å²) >= 11 is 0. The molecule has 2 aliphatic rings. The maximum atomic E-state index is 12.1. The van der Waals surface area contributed by atoms with Crippen molar-refractivity contribution < 1.29 is 9.53 Å². The quantitative estimate of drug-likeness (QED) is 0.759. The van der Waals surface area contributed by atoms with Crippen LogP contribution in [0.15, 0.2) is 0 Å². The molecule has 2 saturated heterocycles. The maximum absolute atomic E-state index is 12.1. The van der Waals surface area contributed by atoms with Gasteiger partial charge in [-0.15, -0.1) is 0 Å². The normalized spacial score (nSPS) is 42.4. The van der Waals surface area contributed by atoms with E-state index in [1.54, 1.807) is 0 Å². The van der Waals surface area contributed by atoms with Gasteiger partial charge < -0.3 is 15.4 Å². The highest BCUT2D eigenvalue weighted by molar-refractivity contribution is 5.82. The van der Waals surface area contributed by atoms with Crippen LogP contribution in [0.3, 0.4) is 0 Å². The molecule has 1 amide bonds. The van der Waals surface area contributed by atoms with E-state index in [-0.39, 0.29) is 30.2 Å². The van der Waals surface area contributed by atoms with Crippen LogP contribution in [-0.4, -0.2) is 36.7 Å². The van der Waals surface area contributed by atoms with Crippen molar-refractivity contribution >= 4 is 5.91 Å². The highest BCUT2D eigenvalue weighted by atomic mass is 16.5. The monoisotopic (exact) mass is 240 g/mol. The fourth-order valence-corrected chi connectivity index (χ4v) is 2.94. The highest BCUT2D eigenvalue weighted by Gasteiger charge is 2.30. The molecular weight excluding hydrogens is 216 g/mol. The first kappa shape index (κ1) is 12.8. The molecule has 0 saturated carbocycles. The van der Waals surface area contributed by atoms with Gasteiger partial charge in [0, 0.05) is 6.04 Å². The number of ether oxygens (including phenoxy) is 1. The predicted octanol–water partition coefficient (Wildman–Crippen LogP) is 1.06. The van der Waals surface area contributed by atoms with Gasteiger partial charge in [-0.3, -0.25) is 4.79 Å². The van der Waals surface area contributed by atoms with Crippen LogP contribution in [-0.2, 0) is 9.53 Å².